The summed E-state index contributed by atoms with van der Waals surface area (Å²) in [7, 11) is 1.67. The van der Waals surface area contributed by atoms with Gasteiger partial charge < -0.3 is 0 Å². The molecule has 0 aromatic heterocycles. The van der Waals surface area contributed by atoms with Crippen molar-refractivity contribution in [1.82, 2.24) is 0 Å². The van der Waals surface area contributed by atoms with E-state index in [0.29, 0.717) is 0 Å². The maximum atomic E-state index is 3.91. The Hall–Kier alpha value is -1.18. The third-order valence-electron chi connectivity index (χ3n) is 1.56. The van der Waals surface area contributed by atoms with Crippen molar-refractivity contribution in [1.29, 1.82) is 0 Å². The fourth-order valence-electron chi connectivity index (χ4n) is 0.914. The van der Waals surface area contributed by atoms with Crippen LogP contribution in [0.3, 0.4) is 0 Å². The smallest absolute Gasteiger partial charge is 0.0852 e. The maximum absolute atomic E-state index is 3.91. The second kappa shape index (κ2) is 3.86. The first-order chi connectivity index (χ1) is 5.36. The molecular formula is C9H12N2. The topological polar surface area (TPSA) is 24.7 Å². The summed E-state index contributed by atoms with van der Waals surface area (Å²) in [5.41, 5.74) is 2.25. The van der Waals surface area contributed by atoms with E-state index in [-0.39, 0.29) is 0 Å². The van der Waals surface area contributed by atoms with E-state index in [1.165, 1.54) is 5.56 Å². The molecule has 1 aromatic carbocycles. The third-order valence-corrected chi connectivity index (χ3v) is 1.56. The van der Waals surface area contributed by atoms with Crippen LogP contribution in [0.1, 0.15) is 12.5 Å². The van der Waals surface area contributed by atoms with Gasteiger partial charge in [-0.25, -0.2) is 0 Å². The van der Waals surface area contributed by atoms with Gasteiger partial charge in [0.05, 0.1) is 5.69 Å². The quantitative estimate of drug-likeness (QED) is 0.576. The highest BCUT2D eigenvalue weighted by molar-refractivity contribution is 5.37. The van der Waals surface area contributed by atoms with Crippen LogP contribution in [-0.2, 0) is 6.42 Å². The van der Waals surface area contributed by atoms with E-state index in [2.05, 4.69) is 29.3 Å². The molecule has 0 bridgehead atoms. The van der Waals surface area contributed by atoms with Gasteiger partial charge in [0, 0.05) is 7.05 Å². The normalized spacial score (nSPS) is 10.7. The Bertz CT molecular complexity index is 236. The van der Waals surface area contributed by atoms with Crippen molar-refractivity contribution in [2.45, 2.75) is 13.3 Å². The van der Waals surface area contributed by atoms with Crippen LogP contribution in [-0.4, -0.2) is 7.05 Å². The van der Waals surface area contributed by atoms with Crippen LogP contribution in [0.25, 0.3) is 0 Å². The van der Waals surface area contributed by atoms with Crippen LogP contribution < -0.4 is 0 Å². The van der Waals surface area contributed by atoms with Crippen LogP contribution in [0, 0.1) is 0 Å². The van der Waals surface area contributed by atoms with Crippen LogP contribution in [0.4, 0.5) is 5.69 Å². The molecule has 0 amide bonds. The molecule has 0 spiro atoms. The second-order valence-electron chi connectivity index (χ2n) is 2.32. The number of hydrogen-bond acceptors (Lipinski definition) is 2. The lowest BCUT2D eigenvalue weighted by molar-refractivity contribution is 1.13. The van der Waals surface area contributed by atoms with Gasteiger partial charge in [0.2, 0.25) is 0 Å². The lowest BCUT2D eigenvalue weighted by Gasteiger charge is -1.94. The highest BCUT2D eigenvalue weighted by Gasteiger charge is 1.88. The van der Waals surface area contributed by atoms with Crippen molar-refractivity contribution >= 4 is 5.69 Å². The van der Waals surface area contributed by atoms with E-state index in [9.17, 15) is 0 Å². The summed E-state index contributed by atoms with van der Waals surface area (Å²) in [5.74, 6) is 0. The Labute approximate surface area is 67.0 Å². The summed E-state index contributed by atoms with van der Waals surface area (Å²) in [5, 5.41) is 7.59. The zero-order valence-electron chi connectivity index (χ0n) is 6.91. The number of benzene rings is 1. The predicted octanol–water partition coefficient (Wildman–Crippen LogP) is 2.96. The number of hydrogen-bond donors (Lipinski definition) is 0. The zero-order chi connectivity index (χ0) is 8.10. The molecule has 11 heavy (non-hydrogen) atoms. The third kappa shape index (κ3) is 2.15. The van der Waals surface area contributed by atoms with Gasteiger partial charge in [-0.2, -0.15) is 10.2 Å². The molecule has 2 heteroatoms. The molecule has 0 aliphatic rings. The zero-order valence-corrected chi connectivity index (χ0v) is 6.91. The summed E-state index contributed by atoms with van der Waals surface area (Å²) in [4.78, 5) is 0. The van der Waals surface area contributed by atoms with Crippen molar-refractivity contribution in [3.63, 3.8) is 0 Å². The van der Waals surface area contributed by atoms with Crippen LogP contribution in [0.5, 0.6) is 0 Å². The molecule has 58 valence electrons. The lowest BCUT2D eigenvalue weighted by Crippen LogP contribution is -1.75. The number of aryl methyl sites for hydroxylation is 1. The molecule has 0 aliphatic heterocycles. The summed E-state index contributed by atoms with van der Waals surface area (Å²) < 4.78 is 0. The minimum Gasteiger partial charge on any atom is -0.192 e. The molecule has 1 aromatic rings. The first-order valence-corrected chi connectivity index (χ1v) is 3.75. The van der Waals surface area contributed by atoms with E-state index in [4.69, 9.17) is 0 Å². The second-order valence-corrected chi connectivity index (χ2v) is 2.32. The summed E-state index contributed by atoms with van der Waals surface area (Å²) in [6.07, 6.45) is 1.07. The van der Waals surface area contributed by atoms with E-state index in [0.717, 1.165) is 12.1 Å². The summed E-state index contributed by atoms with van der Waals surface area (Å²) in [6.45, 7) is 2.14. The molecule has 0 saturated carbocycles. The van der Waals surface area contributed by atoms with Crippen molar-refractivity contribution in [2.24, 2.45) is 10.2 Å². The van der Waals surface area contributed by atoms with Crippen molar-refractivity contribution in [3.8, 4) is 0 Å². The average Bonchev–Trinajstić information content (AvgIpc) is 2.07. The highest BCUT2D eigenvalue weighted by atomic mass is 15.1. The lowest BCUT2D eigenvalue weighted by atomic mass is 10.2. The minimum atomic E-state index is 0.921. The Morgan fingerprint density at radius 1 is 1.18 bits per heavy atom. The molecule has 0 unspecified atom stereocenters. The first kappa shape index (κ1) is 7.92. The number of rotatable bonds is 2. The fourth-order valence-corrected chi connectivity index (χ4v) is 0.914. The van der Waals surface area contributed by atoms with Crippen LogP contribution >= 0.6 is 0 Å². The first-order valence-electron chi connectivity index (χ1n) is 3.75. The highest BCUT2D eigenvalue weighted by Crippen LogP contribution is 2.12. The van der Waals surface area contributed by atoms with Gasteiger partial charge in [-0.3, -0.25) is 0 Å². The molecule has 0 fully saturated rings. The van der Waals surface area contributed by atoms with Crippen LogP contribution in [0.15, 0.2) is 34.5 Å². The van der Waals surface area contributed by atoms with Gasteiger partial charge in [0.15, 0.2) is 0 Å². The largest absolute Gasteiger partial charge is 0.192 e. The molecule has 0 atom stereocenters. The monoisotopic (exact) mass is 148 g/mol. The average molecular weight is 148 g/mol. The molecule has 0 saturated heterocycles. The van der Waals surface area contributed by atoms with Gasteiger partial charge in [-0.1, -0.05) is 19.1 Å². The van der Waals surface area contributed by atoms with Gasteiger partial charge in [0.25, 0.3) is 0 Å². The summed E-state index contributed by atoms with van der Waals surface area (Å²) >= 11 is 0. The standard InChI is InChI=1S/C9H12N2/c1-3-8-4-6-9(7-5-8)11-10-2/h4-7H,3H2,1-2H3/b11-10+. The Kier molecular flexibility index (Phi) is 2.78. The van der Waals surface area contributed by atoms with Crippen LogP contribution in [0.2, 0.25) is 0 Å². The van der Waals surface area contributed by atoms with E-state index in [1.54, 1.807) is 7.05 Å². The molecule has 0 heterocycles. The molecule has 1 rings (SSSR count). The number of azo groups is 1. The SMILES string of the molecule is CCc1ccc(/N=N/C)cc1. The minimum absolute atomic E-state index is 0.921. The molecule has 0 radical (unpaired) electrons. The Balaban J connectivity index is 2.82. The van der Waals surface area contributed by atoms with Crippen molar-refractivity contribution in [3.05, 3.63) is 29.8 Å². The molecule has 2 nitrogen and oxygen atoms in total. The van der Waals surface area contributed by atoms with Gasteiger partial charge in [-0.05, 0) is 24.1 Å². The van der Waals surface area contributed by atoms with Gasteiger partial charge >= 0.3 is 0 Å². The molecule has 0 aliphatic carbocycles. The van der Waals surface area contributed by atoms with E-state index >= 15 is 0 Å². The predicted molar refractivity (Wildman–Crippen MR) is 46.3 cm³/mol. The number of nitrogens with zero attached hydrogens (tertiary/aromatic N) is 2. The Morgan fingerprint density at radius 3 is 2.27 bits per heavy atom. The van der Waals surface area contributed by atoms with E-state index in [1.807, 2.05) is 12.1 Å². The Morgan fingerprint density at radius 2 is 1.82 bits per heavy atom. The molecular weight excluding hydrogens is 136 g/mol. The van der Waals surface area contributed by atoms with E-state index < -0.39 is 0 Å². The maximum Gasteiger partial charge on any atom is 0.0852 e. The summed E-state index contributed by atoms with van der Waals surface area (Å²) in [6, 6.07) is 8.10. The van der Waals surface area contributed by atoms with Crippen molar-refractivity contribution in [2.75, 3.05) is 7.05 Å². The van der Waals surface area contributed by atoms with Crippen molar-refractivity contribution < 1.29 is 0 Å². The fraction of sp³-hybridized carbons (Fsp3) is 0.333. The van der Waals surface area contributed by atoms with Gasteiger partial charge in [0.1, 0.15) is 0 Å². The molecule has 0 N–H and O–H groups in total. The van der Waals surface area contributed by atoms with Gasteiger partial charge in [-0.15, -0.1) is 0 Å².